The van der Waals surface area contributed by atoms with E-state index in [1.54, 1.807) is 17.9 Å². The first-order chi connectivity index (χ1) is 9.51. The maximum absolute atomic E-state index is 12.4. The van der Waals surface area contributed by atoms with E-state index >= 15 is 0 Å². The summed E-state index contributed by atoms with van der Waals surface area (Å²) in [6, 6.07) is 3.11. The van der Waals surface area contributed by atoms with Crippen LogP contribution in [0.3, 0.4) is 0 Å². The van der Waals surface area contributed by atoms with Crippen LogP contribution in [0, 0.1) is 5.92 Å². The van der Waals surface area contributed by atoms with Gasteiger partial charge in [0.25, 0.3) is 5.91 Å². The predicted octanol–water partition coefficient (Wildman–Crippen LogP) is 1.25. The molecule has 1 aromatic heterocycles. The molecule has 0 radical (unpaired) electrons. The Morgan fingerprint density at radius 1 is 1.55 bits per heavy atom. The first kappa shape index (κ1) is 15.0. The number of aliphatic hydroxyl groups excluding tert-OH is 1. The van der Waals surface area contributed by atoms with Crippen molar-refractivity contribution in [3.05, 3.63) is 22.8 Å². The molecule has 2 rings (SSSR count). The zero-order chi connectivity index (χ0) is 14.7. The summed E-state index contributed by atoms with van der Waals surface area (Å²) in [7, 11) is 0. The molecule has 0 bridgehead atoms. The highest BCUT2D eigenvalue weighted by Gasteiger charge is 2.26. The monoisotopic (exact) mass is 298 g/mol. The molecule has 6 nitrogen and oxygen atoms in total. The molecular weight excluding hydrogens is 280 g/mol. The minimum absolute atomic E-state index is 0.0881. The maximum atomic E-state index is 12.4. The van der Waals surface area contributed by atoms with Crippen molar-refractivity contribution in [2.24, 2.45) is 11.8 Å². The third-order valence-corrected chi connectivity index (χ3v) is 3.89. The minimum atomic E-state index is -0.323. The van der Waals surface area contributed by atoms with Crippen molar-refractivity contribution in [3.8, 4) is 0 Å². The quantitative estimate of drug-likeness (QED) is 0.444. The molecule has 1 amide bonds. The lowest BCUT2D eigenvalue weighted by Gasteiger charge is -2.33. The van der Waals surface area contributed by atoms with Crippen LogP contribution >= 0.6 is 11.6 Å². The van der Waals surface area contributed by atoms with E-state index in [1.165, 1.54) is 6.07 Å². The van der Waals surface area contributed by atoms with Crippen LogP contribution in [0.15, 0.2) is 12.1 Å². The summed E-state index contributed by atoms with van der Waals surface area (Å²) in [4.78, 5) is 18.1. The number of nitrogens with one attached hydrogen (secondary N) is 1. The smallest absolute Gasteiger partial charge is 0.254 e. The highest BCUT2D eigenvalue weighted by atomic mass is 35.5. The predicted molar refractivity (Wildman–Crippen MR) is 77.4 cm³/mol. The molecule has 1 atom stereocenters. The van der Waals surface area contributed by atoms with E-state index in [0.29, 0.717) is 24.5 Å². The molecule has 0 aromatic carbocycles. The van der Waals surface area contributed by atoms with Crippen LogP contribution in [0.2, 0.25) is 5.15 Å². The van der Waals surface area contributed by atoms with Gasteiger partial charge in [-0.2, -0.15) is 0 Å². The van der Waals surface area contributed by atoms with Gasteiger partial charge in [0.15, 0.2) is 0 Å². The summed E-state index contributed by atoms with van der Waals surface area (Å²) in [6.45, 7) is 3.07. The van der Waals surface area contributed by atoms with Gasteiger partial charge in [0.1, 0.15) is 11.0 Å². The standard InChI is InChI=1S/C13H19ClN4O2/c1-8(19)9-2-4-18(5-3-9)13(20)10-6-11(14)16-12(7-10)17-15/h6-9,19H,2-5,15H2,1H3,(H,16,17). The number of aromatic nitrogens is 1. The van der Waals surface area contributed by atoms with Gasteiger partial charge in [0.05, 0.1) is 6.10 Å². The van der Waals surface area contributed by atoms with Crippen LogP contribution in [0.4, 0.5) is 5.82 Å². The summed E-state index contributed by atoms with van der Waals surface area (Å²) < 4.78 is 0. The fourth-order valence-electron chi connectivity index (χ4n) is 2.46. The van der Waals surface area contributed by atoms with E-state index in [-0.39, 0.29) is 23.1 Å². The molecular formula is C13H19ClN4O2. The highest BCUT2D eigenvalue weighted by Crippen LogP contribution is 2.23. The average molecular weight is 299 g/mol. The van der Waals surface area contributed by atoms with Crippen molar-refractivity contribution < 1.29 is 9.90 Å². The van der Waals surface area contributed by atoms with Crippen molar-refractivity contribution in [3.63, 3.8) is 0 Å². The second kappa shape index (κ2) is 6.39. The van der Waals surface area contributed by atoms with E-state index in [0.717, 1.165) is 12.8 Å². The Morgan fingerprint density at radius 2 is 2.20 bits per heavy atom. The van der Waals surface area contributed by atoms with Gasteiger partial charge in [0, 0.05) is 18.7 Å². The Kier molecular flexibility index (Phi) is 4.80. The minimum Gasteiger partial charge on any atom is -0.393 e. The van der Waals surface area contributed by atoms with Crippen LogP contribution in [0.25, 0.3) is 0 Å². The Hall–Kier alpha value is -1.37. The largest absolute Gasteiger partial charge is 0.393 e. The van der Waals surface area contributed by atoms with Gasteiger partial charge in [-0.3, -0.25) is 4.79 Å². The van der Waals surface area contributed by atoms with E-state index in [1.807, 2.05) is 0 Å². The molecule has 1 fully saturated rings. The number of pyridine rings is 1. The fourth-order valence-corrected chi connectivity index (χ4v) is 2.67. The molecule has 1 aliphatic rings. The third-order valence-electron chi connectivity index (χ3n) is 3.70. The first-order valence-electron chi connectivity index (χ1n) is 6.63. The molecule has 7 heteroatoms. The van der Waals surface area contributed by atoms with Gasteiger partial charge < -0.3 is 15.4 Å². The van der Waals surface area contributed by atoms with Gasteiger partial charge in [-0.05, 0) is 37.8 Å². The molecule has 1 aliphatic heterocycles. The van der Waals surface area contributed by atoms with Crippen LogP contribution < -0.4 is 11.3 Å². The van der Waals surface area contributed by atoms with Gasteiger partial charge in [0.2, 0.25) is 0 Å². The van der Waals surface area contributed by atoms with Crippen molar-refractivity contribution in [2.75, 3.05) is 18.5 Å². The molecule has 1 unspecified atom stereocenters. The average Bonchev–Trinajstić information content (AvgIpc) is 2.45. The Bertz CT molecular complexity index is 487. The Balaban J connectivity index is 2.07. The van der Waals surface area contributed by atoms with Gasteiger partial charge in [-0.15, -0.1) is 0 Å². The van der Waals surface area contributed by atoms with Crippen LogP contribution in [-0.4, -0.2) is 40.1 Å². The summed E-state index contributed by atoms with van der Waals surface area (Å²) >= 11 is 5.87. The summed E-state index contributed by atoms with van der Waals surface area (Å²) in [5.41, 5.74) is 2.85. The Labute approximate surface area is 122 Å². The molecule has 4 N–H and O–H groups in total. The number of carbonyl (C=O) groups excluding carboxylic acids is 1. The van der Waals surface area contributed by atoms with E-state index in [2.05, 4.69) is 10.4 Å². The van der Waals surface area contributed by atoms with Crippen LogP contribution in [-0.2, 0) is 0 Å². The summed E-state index contributed by atoms with van der Waals surface area (Å²) in [6.07, 6.45) is 1.30. The summed E-state index contributed by atoms with van der Waals surface area (Å²) in [5, 5.41) is 9.80. The lowest BCUT2D eigenvalue weighted by atomic mass is 9.92. The van der Waals surface area contributed by atoms with Gasteiger partial charge >= 0.3 is 0 Å². The van der Waals surface area contributed by atoms with Crippen LogP contribution in [0.5, 0.6) is 0 Å². The van der Waals surface area contributed by atoms with E-state index in [9.17, 15) is 9.90 Å². The molecule has 2 heterocycles. The number of hydrogen-bond acceptors (Lipinski definition) is 5. The zero-order valence-electron chi connectivity index (χ0n) is 11.3. The molecule has 0 spiro atoms. The SMILES string of the molecule is CC(O)C1CCN(C(=O)c2cc(Cl)nc(NN)c2)CC1. The number of piperidine rings is 1. The lowest BCUT2D eigenvalue weighted by molar-refractivity contribution is 0.0521. The number of carbonyl (C=O) groups is 1. The van der Waals surface area contributed by atoms with Gasteiger partial charge in [-0.25, -0.2) is 10.8 Å². The van der Waals surface area contributed by atoms with Crippen molar-refractivity contribution in [1.82, 2.24) is 9.88 Å². The number of anilines is 1. The highest BCUT2D eigenvalue weighted by molar-refractivity contribution is 6.29. The molecule has 20 heavy (non-hydrogen) atoms. The zero-order valence-corrected chi connectivity index (χ0v) is 12.1. The number of likely N-dealkylation sites (tertiary alicyclic amines) is 1. The number of nitrogens with zero attached hydrogens (tertiary/aromatic N) is 2. The maximum Gasteiger partial charge on any atom is 0.254 e. The third kappa shape index (κ3) is 3.39. The van der Waals surface area contributed by atoms with E-state index in [4.69, 9.17) is 17.4 Å². The second-order valence-electron chi connectivity index (χ2n) is 5.08. The fraction of sp³-hybridized carbons (Fsp3) is 0.538. The molecule has 1 saturated heterocycles. The molecule has 1 aromatic rings. The normalized spacial score (nSPS) is 17.9. The number of nitrogen functional groups attached to an aromatic ring is 1. The van der Waals surface area contributed by atoms with Gasteiger partial charge in [-0.1, -0.05) is 11.6 Å². The summed E-state index contributed by atoms with van der Waals surface area (Å²) in [5.74, 6) is 5.83. The number of aliphatic hydroxyl groups is 1. The number of hydrazine groups is 1. The second-order valence-corrected chi connectivity index (χ2v) is 5.47. The van der Waals surface area contributed by atoms with Crippen LogP contribution in [0.1, 0.15) is 30.1 Å². The Morgan fingerprint density at radius 3 is 2.75 bits per heavy atom. The number of nitrogens with two attached hydrogens (primary N) is 1. The topological polar surface area (TPSA) is 91.5 Å². The molecule has 0 saturated carbocycles. The number of hydrogen-bond donors (Lipinski definition) is 3. The number of amides is 1. The van der Waals surface area contributed by atoms with Crippen molar-refractivity contribution in [1.29, 1.82) is 0 Å². The number of rotatable bonds is 3. The van der Waals surface area contributed by atoms with Crippen molar-refractivity contribution in [2.45, 2.75) is 25.9 Å². The number of halogens is 1. The van der Waals surface area contributed by atoms with E-state index < -0.39 is 0 Å². The molecule has 110 valence electrons. The molecule has 0 aliphatic carbocycles. The lowest BCUT2D eigenvalue weighted by Crippen LogP contribution is -2.40. The first-order valence-corrected chi connectivity index (χ1v) is 7.00. The van der Waals surface area contributed by atoms with Crippen molar-refractivity contribution >= 4 is 23.3 Å².